The first kappa shape index (κ1) is 22.1. The van der Waals surface area contributed by atoms with Gasteiger partial charge < -0.3 is 35.1 Å². The Morgan fingerprint density at radius 1 is 1.36 bits per heavy atom. The van der Waals surface area contributed by atoms with Crippen LogP contribution in [0.5, 0.6) is 5.75 Å². The van der Waals surface area contributed by atoms with E-state index in [9.17, 15) is 19.8 Å². The standard InChI is InChI=1S/C23H21N3O7/c1-12-7-15(32-11-14(28)10-27)4-5-17(12)26-22-19(23(30)31)20(29)18(33-22)8-13-9-25-21-16(13)3-2-6-24-21/h2-9,14,26-28H,10-11H2,1H3,(H,24,25)(H,30,31)/b18-8-. The van der Waals surface area contributed by atoms with Crippen molar-refractivity contribution in [2.24, 2.45) is 0 Å². The van der Waals surface area contributed by atoms with Crippen molar-refractivity contribution in [3.05, 3.63) is 71.1 Å². The lowest BCUT2D eigenvalue weighted by molar-refractivity contribution is -0.134. The largest absolute Gasteiger partial charge is 0.491 e. The Bertz CT molecular complexity index is 1290. The fraction of sp³-hybridized carbons (Fsp3) is 0.174. The van der Waals surface area contributed by atoms with E-state index >= 15 is 0 Å². The summed E-state index contributed by atoms with van der Waals surface area (Å²) >= 11 is 0. The lowest BCUT2D eigenvalue weighted by Gasteiger charge is -2.14. The molecule has 0 saturated heterocycles. The number of carbonyl (C=O) groups excluding carboxylic acids is 1. The summed E-state index contributed by atoms with van der Waals surface area (Å²) in [6.07, 6.45) is 3.76. The number of H-pyrrole nitrogens is 1. The van der Waals surface area contributed by atoms with E-state index in [1.807, 2.05) is 6.07 Å². The van der Waals surface area contributed by atoms with Crippen molar-refractivity contribution in [2.75, 3.05) is 18.5 Å². The number of Topliss-reactive ketones (excluding diaryl/α,β-unsaturated/α-hetero) is 1. The van der Waals surface area contributed by atoms with Gasteiger partial charge in [-0.15, -0.1) is 0 Å². The van der Waals surface area contributed by atoms with Gasteiger partial charge in [0, 0.05) is 29.0 Å². The second kappa shape index (κ2) is 9.15. The molecule has 170 valence electrons. The second-order valence-electron chi connectivity index (χ2n) is 7.34. The van der Waals surface area contributed by atoms with E-state index in [0.29, 0.717) is 28.2 Å². The number of carboxylic acids is 1. The summed E-state index contributed by atoms with van der Waals surface area (Å²) in [5.41, 5.74) is 1.94. The van der Waals surface area contributed by atoms with Gasteiger partial charge in [-0.3, -0.25) is 4.79 Å². The number of aliphatic hydroxyl groups is 2. The number of aromatic nitrogens is 2. The van der Waals surface area contributed by atoms with Crippen LogP contribution < -0.4 is 10.1 Å². The molecule has 3 heterocycles. The first-order valence-electron chi connectivity index (χ1n) is 10.0. The molecule has 10 nitrogen and oxygen atoms in total. The molecule has 0 amide bonds. The minimum Gasteiger partial charge on any atom is -0.491 e. The third-order valence-electron chi connectivity index (χ3n) is 4.97. The number of nitrogens with zero attached hydrogens (tertiary/aromatic N) is 1. The third kappa shape index (κ3) is 4.56. The summed E-state index contributed by atoms with van der Waals surface area (Å²) < 4.78 is 11.0. The van der Waals surface area contributed by atoms with Crippen LogP contribution in [-0.2, 0) is 14.3 Å². The second-order valence-corrected chi connectivity index (χ2v) is 7.34. The van der Waals surface area contributed by atoms with E-state index in [0.717, 1.165) is 5.39 Å². The van der Waals surface area contributed by atoms with Gasteiger partial charge in [0.2, 0.25) is 11.7 Å². The van der Waals surface area contributed by atoms with Crippen LogP contribution in [0, 0.1) is 6.92 Å². The Morgan fingerprint density at radius 2 is 2.18 bits per heavy atom. The van der Waals surface area contributed by atoms with Crippen molar-refractivity contribution in [3.8, 4) is 5.75 Å². The first-order chi connectivity index (χ1) is 15.9. The van der Waals surface area contributed by atoms with Crippen LogP contribution in [-0.4, -0.2) is 56.4 Å². The van der Waals surface area contributed by atoms with Crippen molar-refractivity contribution < 1.29 is 34.4 Å². The summed E-state index contributed by atoms with van der Waals surface area (Å²) in [4.78, 5) is 31.7. The molecule has 1 aliphatic rings. The minimum absolute atomic E-state index is 0.0772. The lowest BCUT2D eigenvalue weighted by Crippen LogP contribution is -2.21. The lowest BCUT2D eigenvalue weighted by atomic mass is 10.1. The van der Waals surface area contributed by atoms with E-state index in [2.05, 4.69) is 15.3 Å². The fourth-order valence-electron chi connectivity index (χ4n) is 3.28. The fourth-order valence-corrected chi connectivity index (χ4v) is 3.28. The molecule has 2 aromatic heterocycles. The van der Waals surface area contributed by atoms with E-state index < -0.39 is 30.0 Å². The number of fused-ring (bicyclic) bond motifs is 1. The van der Waals surface area contributed by atoms with Crippen molar-refractivity contribution in [1.82, 2.24) is 9.97 Å². The smallest absolute Gasteiger partial charge is 0.345 e. The molecule has 1 aliphatic heterocycles. The number of carboxylic acid groups (broad SMARTS) is 1. The Kier molecular flexibility index (Phi) is 6.11. The number of allylic oxidation sites excluding steroid dienone is 1. The topological polar surface area (TPSA) is 154 Å². The van der Waals surface area contributed by atoms with Gasteiger partial charge in [-0.25, -0.2) is 9.78 Å². The van der Waals surface area contributed by atoms with Crippen LogP contribution in [0.3, 0.4) is 0 Å². The molecule has 33 heavy (non-hydrogen) atoms. The highest BCUT2D eigenvalue weighted by Crippen LogP contribution is 2.31. The van der Waals surface area contributed by atoms with Crippen molar-refractivity contribution >= 4 is 34.5 Å². The Hall–Kier alpha value is -4.15. The normalized spacial score (nSPS) is 15.7. The van der Waals surface area contributed by atoms with Crippen molar-refractivity contribution in [3.63, 3.8) is 0 Å². The maximum atomic E-state index is 12.8. The number of hydrogen-bond acceptors (Lipinski definition) is 8. The number of aliphatic hydroxyl groups excluding tert-OH is 2. The van der Waals surface area contributed by atoms with Gasteiger partial charge in [0.1, 0.15) is 24.1 Å². The predicted molar refractivity (Wildman–Crippen MR) is 118 cm³/mol. The van der Waals surface area contributed by atoms with Crippen LogP contribution in [0.2, 0.25) is 0 Å². The molecule has 1 aromatic carbocycles. The number of pyridine rings is 1. The molecule has 4 rings (SSSR count). The van der Waals surface area contributed by atoms with Gasteiger partial charge in [-0.1, -0.05) is 0 Å². The van der Waals surface area contributed by atoms with Crippen molar-refractivity contribution in [2.45, 2.75) is 13.0 Å². The molecule has 10 heteroatoms. The van der Waals surface area contributed by atoms with Crippen molar-refractivity contribution in [1.29, 1.82) is 0 Å². The number of anilines is 1. The maximum Gasteiger partial charge on any atom is 0.345 e. The number of aromatic amines is 1. The number of ketones is 1. The summed E-state index contributed by atoms with van der Waals surface area (Å²) in [6.45, 7) is 1.26. The average Bonchev–Trinajstić information content (AvgIpc) is 3.34. The Morgan fingerprint density at radius 3 is 2.91 bits per heavy atom. The number of carbonyl (C=O) groups is 2. The molecule has 0 bridgehead atoms. The molecule has 0 aliphatic carbocycles. The molecule has 0 spiro atoms. The van der Waals surface area contributed by atoms with Crippen LogP contribution in [0.25, 0.3) is 17.1 Å². The zero-order valence-corrected chi connectivity index (χ0v) is 17.5. The quantitative estimate of drug-likeness (QED) is 0.255. The van der Waals surface area contributed by atoms with Crippen LogP contribution in [0.1, 0.15) is 11.1 Å². The SMILES string of the molecule is Cc1cc(OCC(O)CO)ccc1NC1=C(C(=O)O)C(=O)/C(=C/c2c[nH]c3ncccc23)O1. The third-order valence-corrected chi connectivity index (χ3v) is 4.97. The summed E-state index contributed by atoms with van der Waals surface area (Å²) in [5.74, 6) is -2.03. The molecular formula is C23H21N3O7. The zero-order valence-electron chi connectivity index (χ0n) is 17.5. The van der Waals surface area contributed by atoms with Gasteiger partial charge in [0.15, 0.2) is 11.3 Å². The molecular weight excluding hydrogens is 430 g/mol. The molecule has 1 atom stereocenters. The Labute approximate surface area is 187 Å². The van der Waals surface area contributed by atoms with Gasteiger partial charge in [0.05, 0.1) is 6.61 Å². The molecule has 3 aromatic rings. The number of rotatable bonds is 8. The highest BCUT2D eigenvalue weighted by Gasteiger charge is 2.36. The van der Waals surface area contributed by atoms with E-state index in [1.54, 1.807) is 43.6 Å². The highest BCUT2D eigenvalue weighted by molar-refractivity contribution is 6.26. The number of benzene rings is 1. The predicted octanol–water partition coefficient (Wildman–Crippen LogP) is 1.95. The highest BCUT2D eigenvalue weighted by atomic mass is 16.5. The van der Waals surface area contributed by atoms with Gasteiger partial charge in [-0.2, -0.15) is 0 Å². The van der Waals surface area contributed by atoms with Gasteiger partial charge >= 0.3 is 5.97 Å². The van der Waals surface area contributed by atoms with E-state index in [-0.39, 0.29) is 18.2 Å². The summed E-state index contributed by atoms with van der Waals surface area (Å²) in [6, 6.07) is 8.47. The Balaban J connectivity index is 1.58. The van der Waals surface area contributed by atoms with Gasteiger partial charge in [0.25, 0.3) is 0 Å². The van der Waals surface area contributed by atoms with Crippen LogP contribution >= 0.6 is 0 Å². The number of aliphatic carboxylic acids is 1. The van der Waals surface area contributed by atoms with E-state index in [4.69, 9.17) is 14.6 Å². The molecule has 1 unspecified atom stereocenters. The summed E-state index contributed by atoms with van der Waals surface area (Å²) in [5, 5.41) is 31.5. The molecule has 5 N–H and O–H groups in total. The molecule has 0 saturated carbocycles. The van der Waals surface area contributed by atoms with Gasteiger partial charge in [-0.05, 0) is 48.9 Å². The number of nitrogens with one attached hydrogen (secondary N) is 2. The first-order valence-corrected chi connectivity index (χ1v) is 10.0. The number of aryl methyl sites for hydroxylation is 1. The van der Waals surface area contributed by atoms with E-state index in [1.165, 1.54) is 6.08 Å². The summed E-state index contributed by atoms with van der Waals surface area (Å²) in [7, 11) is 0. The van der Waals surface area contributed by atoms with Crippen LogP contribution in [0.15, 0.2) is 59.9 Å². The number of hydrogen-bond donors (Lipinski definition) is 5. The minimum atomic E-state index is -1.41. The average molecular weight is 451 g/mol. The molecule has 0 fully saturated rings. The van der Waals surface area contributed by atoms with Crippen LogP contribution in [0.4, 0.5) is 5.69 Å². The number of ether oxygens (including phenoxy) is 2. The monoisotopic (exact) mass is 451 g/mol. The maximum absolute atomic E-state index is 12.8. The molecule has 0 radical (unpaired) electrons. The zero-order chi connectivity index (χ0) is 23.5.